The van der Waals surface area contributed by atoms with Gasteiger partial charge in [-0.25, -0.2) is 4.79 Å². The summed E-state index contributed by atoms with van der Waals surface area (Å²) < 4.78 is 17.5. The van der Waals surface area contributed by atoms with Crippen LogP contribution in [0.15, 0.2) is 72.2 Å². The minimum absolute atomic E-state index is 0.296. The van der Waals surface area contributed by atoms with E-state index in [-0.39, 0.29) is 0 Å². The summed E-state index contributed by atoms with van der Waals surface area (Å²) in [7, 11) is 3.02. The molecule has 34 heavy (non-hydrogen) atoms. The summed E-state index contributed by atoms with van der Waals surface area (Å²) in [6.45, 7) is 0.0373. The average Bonchev–Trinajstić information content (AvgIpc) is 3.53. The number of esters is 1. The predicted molar refractivity (Wildman–Crippen MR) is 130 cm³/mol. The molecule has 0 radical (unpaired) electrons. The summed E-state index contributed by atoms with van der Waals surface area (Å²) >= 11 is 1.47. The van der Waals surface area contributed by atoms with Crippen molar-refractivity contribution in [2.75, 3.05) is 26.1 Å². The Bertz CT molecular complexity index is 1270. The van der Waals surface area contributed by atoms with Crippen LogP contribution in [0.2, 0.25) is 0 Å². The lowest BCUT2D eigenvalue weighted by Gasteiger charge is -2.12. The van der Waals surface area contributed by atoms with Gasteiger partial charge < -0.3 is 19.5 Å². The van der Waals surface area contributed by atoms with Gasteiger partial charge in [-0.1, -0.05) is 36.4 Å². The second-order valence-electron chi connectivity index (χ2n) is 7.24. The van der Waals surface area contributed by atoms with E-state index < -0.39 is 18.5 Å². The Labute approximate surface area is 200 Å². The lowest BCUT2D eigenvalue weighted by Crippen LogP contribution is -2.21. The molecule has 174 valence electrons. The Balaban J connectivity index is 1.47. The molecule has 1 N–H and O–H groups in total. The molecule has 0 aliphatic rings. The topological polar surface area (TPSA) is 91.7 Å². The molecular weight excluding hydrogens is 454 g/mol. The number of hydrogen-bond acceptors (Lipinski definition) is 7. The van der Waals surface area contributed by atoms with Crippen LogP contribution in [0.25, 0.3) is 10.6 Å². The number of aromatic nitrogens is 2. The van der Waals surface area contributed by atoms with Gasteiger partial charge in [0, 0.05) is 12.3 Å². The van der Waals surface area contributed by atoms with Gasteiger partial charge in [0.25, 0.3) is 5.91 Å². The third-order valence-corrected chi connectivity index (χ3v) is 5.82. The molecule has 2 aromatic carbocycles. The van der Waals surface area contributed by atoms with E-state index in [1.165, 1.54) is 25.6 Å². The van der Waals surface area contributed by atoms with Crippen molar-refractivity contribution in [2.24, 2.45) is 0 Å². The molecule has 0 spiro atoms. The Hall–Kier alpha value is -4.11. The van der Waals surface area contributed by atoms with Crippen molar-refractivity contribution >= 4 is 28.9 Å². The van der Waals surface area contributed by atoms with Gasteiger partial charge in [0.05, 0.1) is 31.3 Å². The van der Waals surface area contributed by atoms with Crippen LogP contribution in [0.4, 0.5) is 5.69 Å². The summed E-state index contributed by atoms with van der Waals surface area (Å²) in [5.41, 5.74) is 2.28. The lowest BCUT2D eigenvalue weighted by molar-refractivity contribution is -0.119. The average molecular weight is 478 g/mol. The SMILES string of the molecule is COc1ccc(OC)c(NC(=O)COC(=O)c2cn(Cc3ccccc3)nc2-c2cccs2)c1. The molecule has 0 saturated heterocycles. The second-order valence-corrected chi connectivity index (χ2v) is 8.19. The number of nitrogens with zero attached hydrogens (tertiary/aromatic N) is 2. The van der Waals surface area contributed by atoms with Gasteiger partial charge in [-0.05, 0) is 29.1 Å². The molecule has 9 heteroatoms. The molecule has 4 aromatic rings. The van der Waals surface area contributed by atoms with Crippen molar-refractivity contribution in [3.8, 4) is 22.1 Å². The van der Waals surface area contributed by atoms with Crippen LogP contribution in [0.5, 0.6) is 11.5 Å². The molecule has 4 rings (SSSR count). The largest absolute Gasteiger partial charge is 0.497 e. The van der Waals surface area contributed by atoms with Gasteiger partial charge in [-0.2, -0.15) is 5.10 Å². The van der Waals surface area contributed by atoms with E-state index in [9.17, 15) is 9.59 Å². The van der Waals surface area contributed by atoms with Crippen LogP contribution >= 0.6 is 11.3 Å². The molecule has 0 saturated carbocycles. The molecule has 1 amide bonds. The maximum Gasteiger partial charge on any atom is 0.342 e. The zero-order valence-electron chi connectivity index (χ0n) is 18.7. The number of thiophene rings is 1. The maximum atomic E-state index is 12.9. The van der Waals surface area contributed by atoms with Crippen LogP contribution < -0.4 is 14.8 Å². The molecule has 2 aromatic heterocycles. The highest BCUT2D eigenvalue weighted by Gasteiger charge is 2.21. The lowest BCUT2D eigenvalue weighted by atomic mass is 10.2. The van der Waals surface area contributed by atoms with Gasteiger partial charge in [0.1, 0.15) is 22.8 Å². The van der Waals surface area contributed by atoms with Crippen molar-refractivity contribution in [1.29, 1.82) is 0 Å². The highest BCUT2D eigenvalue weighted by Crippen LogP contribution is 2.29. The number of amides is 1. The summed E-state index contributed by atoms with van der Waals surface area (Å²) in [6, 6.07) is 18.6. The third kappa shape index (κ3) is 5.44. The van der Waals surface area contributed by atoms with Crippen LogP contribution in [0, 0.1) is 0 Å². The fraction of sp³-hybridized carbons (Fsp3) is 0.160. The number of nitrogens with one attached hydrogen (secondary N) is 1. The summed E-state index contributed by atoms with van der Waals surface area (Å²) in [6.07, 6.45) is 1.65. The fourth-order valence-electron chi connectivity index (χ4n) is 3.32. The summed E-state index contributed by atoms with van der Waals surface area (Å²) in [5, 5.41) is 9.20. The zero-order valence-corrected chi connectivity index (χ0v) is 19.5. The Morgan fingerprint density at radius 2 is 1.85 bits per heavy atom. The van der Waals surface area contributed by atoms with Crippen molar-refractivity contribution in [3.05, 3.63) is 83.4 Å². The molecule has 0 unspecified atom stereocenters. The van der Waals surface area contributed by atoms with Gasteiger partial charge in [0.15, 0.2) is 6.61 Å². The number of hydrogen-bond donors (Lipinski definition) is 1. The van der Waals surface area contributed by atoms with Gasteiger partial charge in [-0.3, -0.25) is 9.48 Å². The van der Waals surface area contributed by atoms with Gasteiger partial charge >= 0.3 is 5.97 Å². The van der Waals surface area contributed by atoms with Crippen LogP contribution in [-0.2, 0) is 16.1 Å². The summed E-state index contributed by atoms with van der Waals surface area (Å²) in [4.78, 5) is 26.2. The quantitative estimate of drug-likeness (QED) is 0.358. The summed E-state index contributed by atoms with van der Waals surface area (Å²) in [5.74, 6) is -0.119. The molecule has 2 heterocycles. The molecule has 8 nitrogen and oxygen atoms in total. The monoisotopic (exact) mass is 477 g/mol. The molecule has 0 fully saturated rings. The normalized spacial score (nSPS) is 10.5. The third-order valence-electron chi connectivity index (χ3n) is 4.94. The van der Waals surface area contributed by atoms with E-state index in [1.807, 2.05) is 47.8 Å². The van der Waals surface area contributed by atoms with Gasteiger partial charge in [-0.15, -0.1) is 11.3 Å². The van der Waals surface area contributed by atoms with Crippen molar-refractivity contribution in [1.82, 2.24) is 9.78 Å². The highest BCUT2D eigenvalue weighted by atomic mass is 32.1. The van der Waals surface area contributed by atoms with Gasteiger partial charge in [0.2, 0.25) is 0 Å². The maximum absolute atomic E-state index is 12.9. The second kappa shape index (κ2) is 10.7. The zero-order chi connectivity index (χ0) is 23.9. The number of rotatable bonds is 9. The number of methoxy groups -OCH3 is 2. The molecule has 0 aliphatic carbocycles. The first kappa shape index (κ1) is 23.1. The first-order valence-electron chi connectivity index (χ1n) is 10.4. The van der Waals surface area contributed by atoms with Crippen LogP contribution in [-0.4, -0.2) is 42.5 Å². The van der Waals surface area contributed by atoms with E-state index in [0.717, 1.165) is 10.4 Å². The Morgan fingerprint density at radius 1 is 1.03 bits per heavy atom. The van der Waals surface area contributed by atoms with E-state index in [2.05, 4.69) is 10.4 Å². The van der Waals surface area contributed by atoms with E-state index in [1.54, 1.807) is 29.1 Å². The van der Waals surface area contributed by atoms with Crippen molar-refractivity contribution in [3.63, 3.8) is 0 Å². The van der Waals surface area contributed by atoms with E-state index >= 15 is 0 Å². The van der Waals surface area contributed by atoms with E-state index in [4.69, 9.17) is 14.2 Å². The number of carbonyl (C=O) groups excluding carboxylic acids is 2. The molecule has 0 aliphatic heterocycles. The number of ether oxygens (including phenoxy) is 3. The first-order chi connectivity index (χ1) is 16.6. The van der Waals surface area contributed by atoms with Crippen molar-refractivity contribution < 1.29 is 23.8 Å². The first-order valence-corrected chi connectivity index (χ1v) is 11.3. The fourth-order valence-corrected chi connectivity index (χ4v) is 4.05. The molecular formula is C25H23N3O5S. The molecule has 0 atom stereocenters. The number of carbonyl (C=O) groups is 2. The van der Waals surface area contributed by atoms with Crippen LogP contribution in [0.1, 0.15) is 15.9 Å². The minimum atomic E-state index is -0.629. The smallest absolute Gasteiger partial charge is 0.342 e. The predicted octanol–water partition coefficient (Wildman–Crippen LogP) is 4.47. The highest BCUT2D eigenvalue weighted by molar-refractivity contribution is 7.13. The van der Waals surface area contributed by atoms with Crippen molar-refractivity contribution in [2.45, 2.75) is 6.54 Å². The molecule has 0 bridgehead atoms. The minimum Gasteiger partial charge on any atom is -0.497 e. The van der Waals surface area contributed by atoms with E-state index in [0.29, 0.717) is 35.0 Å². The van der Waals surface area contributed by atoms with Crippen LogP contribution in [0.3, 0.4) is 0 Å². The standard InChI is InChI=1S/C25H23N3O5S/c1-31-18-10-11-21(32-2)20(13-18)26-23(29)16-33-25(30)19-15-28(14-17-7-4-3-5-8-17)27-24(19)22-9-6-12-34-22/h3-13,15H,14,16H2,1-2H3,(H,26,29). The Morgan fingerprint density at radius 3 is 2.56 bits per heavy atom. The Kier molecular flexibility index (Phi) is 7.24. The number of anilines is 1. The number of benzene rings is 2.